The van der Waals surface area contributed by atoms with E-state index in [1.54, 1.807) is 0 Å². The van der Waals surface area contributed by atoms with Gasteiger partial charge in [0, 0.05) is 17.4 Å². The van der Waals surface area contributed by atoms with E-state index < -0.39 is 30.3 Å². The summed E-state index contributed by atoms with van der Waals surface area (Å²) in [6.45, 7) is -0.317. The first-order chi connectivity index (χ1) is 6.61. The summed E-state index contributed by atoms with van der Waals surface area (Å²) in [6.07, 6.45) is -3.67. The van der Waals surface area contributed by atoms with Gasteiger partial charge in [0.15, 0.2) is 0 Å². The molecule has 7 heteroatoms. The van der Waals surface area contributed by atoms with Crippen molar-refractivity contribution >= 4 is 0 Å². The molecule has 80 valence electrons. The molecule has 0 aromatic heterocycles. The molecule has 0 bridgehead atoms. The number of rotatable bonds is 2. The van der Waals surface area contributed by atoms with E-state index in [2.05, 4.69) is 10.0 Å². The minimum atomic E-state index is -1.38. The summed E-state index contributed by atoms with van der Waals surface area (Å²) in [7, 11) is 0. The lowest BCUT2D eigenvalue weighted by Gasteiger charge is -2.37. The van der Waals surface area contributed by atoms with E-state index in [0.717, 1.165) is 0 Å². The third-order valence-electron chi connectivity index (χ3n) is 2.56. The van der Waals surface area contributed by atoms with Crippen LogP contribution < -0.4 is 0 Å². The first kappa shape index (κ1) is 11.2. The molecule has 0 radical (unpaired) electrons. The number of aliphatic hydroxyl groups is 4. The lowest BCUT2D eigenvalue weighted by Crippen LogP contribution is -2.53. The first-order valence-corrected chi connectivity index (χ1v) is 4.31. The molecule has 0 spiro atoms. The molecule has 0 unspecified atom stereocenters. The molecule has 1 aliphatic rings. The van der Waals surface area contributed by atoms with Crippen molar-refractivity contribution in [2.75, 3.05) is 6.61 Å². The van der Waals surface area contributed by atoms with E-state index >= 15 is 0 Å². The number of hydrogen-bond acceptors (Lipinski definition) is 5. The van der Waals surface area contributed by atoms with E-state index in [0.29, 0.717) is 0 Å². The van der Waals surface area contributed by atoms with Crippen LogP contribution in [-0.2, 0) is 0 Å². The predicted molar refractivity (Wildman–Crippen MR) is 46.1 cm³/mol. The van der Waals surface area contributed by atoms with E-state index in [9.17, 15) is 15.3 Å². The maximum atomic E-state index is 9.40. The van der Waals surface area contributed by atoms with Crippen LogP contribution in [0.15, 0.2) is 5.11 Å². The molecule has 7 nitrogen and oxygen atoms in total. The number of azide groups is 1. The molecular weight excluding hydrogens is 190 g/mol. The van der Waals surface area contributed by atoms with Gasteiger partial charge in [0.05, 0.1) is 18.2 Å². The van der Waals surface area contributed by atoms with Crippen molar-refractivity contribution < 1.29 is 20.4 Å². The third kappa shape index (κ3) is 1.97. The normalized spacial score (nSPS) is 43.0. The van der Waals surface area contributed by atoms with Crippen LogP contribution in [0.2, 0.25) is 0 Å². The van der Waals surface area contributed by atoms with Crippen molar-refractivity contribution in [2.24, 2.45) is 11.0 Å². The lowest BCUT2D eigenvalue weighted by atomic mass is 9.80. The van der Waals surface area contributed by atoms with Crippen molar-refractivity contribution in [3.05, 3.63) is 10.4 Å². The van der Waals surface area contributed by atoms with Gasteiger partial charge in [-0.05, 0) is 12.0 Å². The summed E-state index contributed by atoms with van der Waals surface area (Å²) in [5, 5.41) is 40.3. The van der Waals surface area contributed by atoms with Gasteiger partial charge in [0.25, 0.3) is 0 Å². The van der Waals surface area contributed by atoms with Crippen LogP contribution in [-0.4, -0.2) is 51.4 Å². The van der Waals surface area contributed by atoms with Crippen molar-refractivity contribution in [1.29, 1.82) is 0 Å². The molecule has 0 saturated heterocycles. The second-order valence-electron chi connectivity index (χ2n) is 3.42. The zero-order valence-electron chi connectivity index (χ0n) is 7.43. The maximum absolute atomic E-state index is 9.40. The topological polar surface area (TPSA) is 130 Å². The highest BCUT2D eigenvalue weighted by Gasteiger charge is 2.41. The molecule has 1 rings (SSSR count). The Morgan fingerprint density at radius 3 is 2.36 bits per heavy atom. The summed E-state index contributed by atoms with van der Waals surface area (Å²) >= 11 is 0. The van der Waals surface area contributed by atoms with Gasteiger partial charge in [-0.1, -0.05) is 5.11 Å². The summed E-state index contributed by atoms with van der Waals surface area (Å²) in [5.41, 5.74) is 8.19. The van der Waals surface area contributed by atoms with Crippen molar-refractivity contribution in [3.63, 3.8) is 0 Å². The van der Waals surface area contributed by atoms with Gasteiger partial charge in [-0.2, -0.15) is 0 Å². The van der Waals surface area contributed by atoms with Gasteiger partial charge in [-0.3, -0.25) is 0 Å². The molecule has 0 aromatic carbocycles. The average Bonchev–Trinajstić information content (AvgIpc) is 2.19. The van der Waals surface area contributed by atoms with Gasteiger partial charge in [-0.15, -0.1) is 0 Å². The van der Waals surface area contributed by atoms with Crippen LogP contribution in [0.1, 0.15) is 6.42 Å². The highest BCUT2D eigenvalue weighted by molar-refractivity contribution is 4.95. The van der Waals surface area contributed by atoms with Gasteiger partial charge < -0.3 is 20.4 Å². The Morgan fingerprint density at radius 2 is 1.86 bits per heavy atom. The van der Waals surface area contributed by atoms with Crippen LogP contribution in [0.5, 0.6) is 0 Å². The van der Waals surface area contributed by atoms with E-state index in [1.807, 2.05) is 0 Å². The van der Waals surface area contributed by atoms with Crippen LogP contribution >= 0.6 is 0 Å². The van der Waals surface area contributed by atoms with Crippen LogP contribution in [0.25, 0.3) is 10.4 Å². The highest BCUT2D eigenvalue weighted by atomic mass is 16.4. The number of hydrogen-bond donors (Lipinski definition) is 4. The fraction of sp³-hybridized carbons (Fsp3) is 1.00. The Labute approximate surface area is 80.2 Å². The Hall–Kier alpha value is -0.850. The van der Waals surface area contributed by atoms with Crippen molar-refractivity contribution in [1.82, 2.24) is 0 Å². The maximum Gasteiger partial charge on any atom is 0.106 e. The monoisotopic (exact) mass is 203 g/mol. The highest BCUT2D eigenvalue weighted by Crippen LogP contribution is 2.27. The molecule has 1 saturated carbocycles. The van der Waals surface area contributed by atoms with E-state index in [4.69, 9.17) is 10.6 Å². The minimum Gasteiger partial charge on any atom is -0.396 e. The molecule has 0 aromatic rings. The van der Waals surface area contributed by atoms with Crippen molar-refractivity contribution in [3.8, 4) is 0 Å². The molecule has 14 heavy (non-hydrogen) atoms. The van der Waals surface area contributed by atoms with E-state index in [-0.39, 0.29) is 13.0 Å². The molecule has 1 fully saturated rings. The molecule has 5 atom stereocenters. The summed E-state index contributed by atoms with van der Waals surface area (Å²) < 4.78 is 0. The number of nitrogens with zero attached hydrogens (tertiary/aromatic N) is 3. The van der Waals surface area contributed by atoms with Gasteiger partial charge in [-0.25, -0.2) is 0 Å². The largest absolute Gasteiger partial charge is 0.396 e. The second kappa shape index (κ2) is 4.59. The quantitative estimate of drug-likeness (QED) is 0.254. The Balaban J connectivity index is 2.77. The molecule has 0 heterocycles. The van der Waals surface area contributed by atoms with Crippen molar-refractivity contribution in [2.45, 2.75) is 30.8 Å². The molecule has 4 N–H and O–H groups in total. The first-order valence-electron chi connectivity index (χ1n) is 4.31. The smallest absolute Gasteiger partial charge is 0.106 e. The summed E-state index contributed by atoms with van der Waals surface area (Å²) in [4.78, 5) is 2.53. The van der Waals surface area contributed by atoms with Crippen LogP contribution in [0.3, 0.4) is 0 Å². The zero-order chi connectivity index (χ0) is 10.7. The van der Waals surface area contributed by atoms with Crippen LogP contribution in [0.4, 0.5) is 0 Å². The summed E-state index contributed by atoms with van der Waals surface area (Å²) in [6, 6.07) is -0.796. The van der Waals surface area contributed by atoms with Gasteiger partial charge in [0.1, 0.15) is 6.10 Å². The molecular formula is C7H13N3O4. The zero-order valence-corrected chi connectivity index (χ0v) is 7.43. The molecule has 0 aliphatic heterocycles. The number of aliphatic hydroxyl groups excluding tert-OH is 4. The standard InChI is InChI=1S/C7H13N3O4/c8-10-9-4-1-3(2-11)5(12)7(14)6(4)13/h3-7,11-14H,1-2H2/t3-,4+,5-,6+,7+/m1/s1. The van der Waals surface area contributed by atoms with Gasteiger partial charge >= 0.3 is 0 Å². The molecule has 0 amide bonds. The predicted octanol–water partition coefficient (Wildman–Crippen LogP) is -1.24. The fourth-order valence-corrected chi connectivity index (χ4v) is 1.66. The Bertz CT molecular complexity index is 241. The SMILES string of the molecule is [N-]=[N+]=N[C@H]1C[C@H](CO)[C@@H](O)[C@H](O)[C@H]1O. The Kier molecular flexibility index (Phi) is 3.68. The summed E-state index contributed by atoms with van der Waals surface area (Å²) in [5.74, 6) is -0.566. The second-order valence-corrected chi connectivity index (χ2v) is 3.42. The van der Waals surface area contributed by atoms with E-state index in [1.165, 1.54) is 0 Å². The van der Waals surface area contributed by atoms with Gasteiger partial charge in [0.2, 0.25) is 0 Å². The van der Waals surface area contributed by atoms with Crippen LogP contribution in [0, 0.1) is 5.92 Å². The molecule has 1 aliphatic carbocycles. The fourth-order valence-electron chi connectivity index (χ4n) is 1.66. The lowest BCUT2D eigenvalue weighted by molar-refractivity contribution is -0.125. The Morgan fingerprint density at radius 1 is 1.21 bits per heavy atom. The average molecular weight is 203 g/mol. The minimum absolute atomic E-state index is 0.167. The third-order valence-corrected chi connectivity index (χ3v) is 2.56.